The second kappa shape index (κ2) is 6.12. The van der Waals surface area contributed by atoms with Gasteiger partial charge in [0.15, 0.2) is 0 Å². The van der Waals surface area contributed by atoms with Crippen LogP contribution in [0.15, 0.2) is 60.7 Å². The van der Waals surface area contributed by atoms with Gasteiger partial charge in [-0.25, -0.2) is 9.29 Å². The number of anilines is 2. The summed E-state index contributed by atoms with van der Waals surface area (Å²) in [6, 6.07) is 11.9. The van der Waals surface area contributed by atoms with E-state index in [1.807, 2.05) is 12.2 Å². The summed E-state index contributed by atoms with van der Waals surface area (Å²) in [5.41, 5.74) is 1.19. The van der Waals surface area contributed by atoms with E-state index in [9.17, 15) is 18.8 Å². The lowest BCUT2D eigenvalue weighted by Crippen LogP contribution is -2.33. The van der Waals surface area contributed by atoms with Gasteiger partial charge in [0.25, 0.3) is 5.91 Å². The number of rotatable bonds is 3. The molecule has 5 rings (SSSR count). The number of halogens is 1. The van der Waals surface area contributed by atoms with E-state index >= 15 is 0 Å². The number of hydrogen-bond donors (Lipinski definition) is 1. The molecule has 1 N–H and O–H groups in total. The van der Waals surface area contributed by atoms with Gasteiger partial charge in [-0.15, -0.1) is 0 Å². The summed E-state index contributed by atoms with van der Waals surface area (Å²) >= 11 is 0. The number of amides is 3. The molecule has 1 aliphatic heterocycles. The number of imide groups is 1. The third-order valence-electron chi connectivity index (χ3n) is 5.94. The van der Waals surface area contributed by atoms with Crippen LogP contribution in [0.4, 0.5) is 15.8 Å². The molecule has 1 saturated carbocycles. The molecule has 3 amide bonds. The molecule has 1 saturated heterocycles. The van der Waals surface area contributed by atoms with Crippen LogP contribution in [0.3, 0.4) is 0 Å². The van der Waals surface area contributed by atoms with Crippen molar-refractivity contribution in [2.24, 2.45) is 23.7 Å². The molecule has 0 aromatic heterocycles. The number of benzene rings is 2. The Hall–Kier alpha value is -3.28. The largest absolute Gasteiger partial charge is 0.322 e. The minimum absolute atomic E-state index is 0.140. The van der Waals surface area contributed by atoms with E-state index < -0.39 is 5.91 Å². The zero-order valence-corrected chi connectivity index (χ0v) is 14.8. The molecule has 0 spiro atoms. The van der Waals surface area contributed by atoms with Crippen LogP contribution in [0.5, 0.6) is 0 Å². The Bertz CT molecular complexity index is 1000. The molecule has 2 aliphatic carbocycles. The van der Waals surface area contributed by atoms with Crippen LogP contribution in [-0.2, 0) is 9.59 Å². The van der Waals surface area contributed by atoms with Crippen molar-refractivity contribution < 1.29 is 18.8 Å². The van der Waals surface area contributed by atoms with Gasteiger partial charge < -0.3 is 5.32 Å². The number of allylic oxidation sites excluding steroid dienone is 2. The predicted octanol–water partition coefficient (Wildman–Crippen LogP) is 3.39. The number of carbonyl (C=O) groups excluding carboxylic acids is 3. The molecule has 0 radical (unpaired) electrons. The van der Waals surface area contributed by atoms with Crippen LogP contribution < -0.4 is 10.2 Å². The van der Waals surface area contributed by atoms with Gasteiger partial charge in [-0.05, 0) is 60.7 Å². The standard InChI is InChI=1S/C22H17FN2O3/c23-15-6-8-16(9-7-15)24-20(26)14-2-1-3-17(11-14)25-21(27)18-12-4-5-13(10-12)19(18)22(25)28/h1-9,11-13,18-19H,10H2,(H,24,26)/t12-,13-,18-,19+/m0/s1. The fourth-order valence-corrected chi connectivity index (χ4v) is 4.68. The minimum atomic E-state index is -0.394. The van der Waals surface area contributed by atoms with Crippen molar-refractivity contribution in [3.05, 3.63) is 72.1 Å². The molecule has 5 nitrogen and oxygen atoms in total. The predicted molar refractivity (Wildman–Crippen MR) is 101 cm³/mol. The molecule has 1 heterocycles. The van der Waals surface area contributed by atoms with Gasteiger partial charge in [0.2, 0.25) is 11.8 Å². The lowest BCUT2D eigenvalue weighted by Gasteiger charge is -2.18. The summed E-state index contributed by atoms with van der Waals surface area (Å²) in [4.78, 5) is 39.6. The molecule has 2 aromatic carbocycles. The summed E-state index contributed by atoms with van der Waals surface area (Å²) < 4.78 is 13.0. The first-order chi connectivity index (χ1) is 13.5. The maximum absolute atomic E-state index is 13.0. The first kappa shape index (κ1) is 16.9. The first-order valence-corrected chi connectivity index (χ1v) is 9.26. The Labute approximate surface area is 160 Å². The second-order valence-corrected chi connectivity index (χ2v) is 7.52. The van der Waals surface area contributed by atoms with Gasteiger partial charge in [-0.3, -0.25) is 14.4 Å². The summed E-state index contributed by atoms with van der Waals surface area (Å²) in [5.74, 6) is -1.42. The van der Waals surface area contributed by atoms with Crippen molar-refractivity contribution in [1.29, 1.82) is 0 Å². The van der Waals surface area contributed by atoms with Crippen molar-refractivity contribution in [3.8, 4) is 0 Å². The maximum atomic E-state index is 13.0. The molecule has 4 atom stereocenters. The highest BCUT2D eigenvalue weighted by atomic mass is 19.1. The molecule has 0 unspecified atom stereocenters. The highest BCUT2D eigenvalue weighted by Crippen LogP contribution is 2.53. The highest BCUT2D eigenvalue weighted by molar-refractivity contribution is 6.23. The van der Waals surface area contributed by atoms with E-state index in [1.54, 1.807) is 24.3 Å². The van der Waals surface area contributed by atoms with Crippen molar-refractivity contribution >= 4 is 29.1 Å². The average molecular weight is 376 g/mol. The number of fused-ring (bicyclic) bond motifs is 5. The zero-order valence-electron chi connectivity index (χ0n) is 14.8. The van der Waals surface area contributed by atoms with Crippen LogP contribution in [0.25, 0.3) is 0 Å². The number of hydrogen-bond acceptors (Lipinski definition) is 3. The van der Waals surface area contributed by atoms with E-state index in [1.165, 1.54) is 29.2 Å². The molecule has 2 aromatic rings. The Kier molecular flexibility index (Phi) is 3.69. The molecule has 140 valence electrons. The maximum Gasteiger partial charge on any atom is 0.255 e. The summed E-state index contributed by atoms with van der Waals surface area (Å²) in [5, 5.41) is 2.69. The van der Waals surface area contributed by atoms with E-state index in [0.717, 1.165) is 6.42 Å². The van der Waals surface area contributed by atoms with Gasteiger partial charge in [0.1, 0.15) is 5.82 Å². The lowest BCUT2D eigenvalue weighted by atomic mass is 9.85. The Balaban J connectivity index is 1.40. The van der Waals surface area contributed by atoms with Crippen molar-refractivity contribution in [2.45, 2.75) is 6.42 Å². The topological polar surface area (TPSA) is 66.5 Å². The Morgan fingerprint density at radius 3 is 2.25 bits per heavy atom. The van der Waals surface area contributed by atoms with Gasteiger partial charge in [-0.1, -0.05) is 18.2 Å². The van der Waals surface area contributed by atoms with Crippen LogP contribution in [0.2, 0.25) is 0 Å². The van der Waals surface area contributed by atoms with Crippen molar-refractivity contribution in [2.75, 3.05) is 10.2 Å². The molecular weight excluding hydrogens is 359 g/mol. The lowest BCUT2D eigenvalue weighted by molar-refractivity contribution is -0.123. The quantitative estimate of drug-likeness (QED) is 0.660. The smallest absolute Gasteiger partial charge is 0.255 e. The van der Waals surface area contributed by atoms with Gasteiger partial charge in [0.05, 0.1) is 17.5 Å². The number of nitrogens with one attached hydrogen (secondary N) is 1. The second-order valence-electron chi connectivity index (χ2n) is 7.52. The molecular formula is C22H17FN2O3. The van der Waals surface area contributed by atoms with Crippen molar-refractivity contribution in [1.82, 2.24) is 0 Å². The van der Waals surface area contributed by atoms with Crippen LogP contribution in [0, 0.1) is 29.5 Å². The van der Waals surface area contributed by atoms with Gasteiger partial charge in [0, 0.05) is 11.3 Å². The van der Waals surface area contributed by atoms with Crippen LogP contribution in [-0.4, -0.2) is 17.7 Å². The van der Waals surface area contributed by atoms with Crippen LogP contribution in [0.1, 0.15) is 16.8 Å². The molecule has 6 heteroatoms. The fraction of sp³-hybridized carbons (Fsp3) is 0.227. The summed E-state index contributed by atoms with van der Waals surface area (Å²) in [7, 11) is 0. The molecule has 2 bridgehead atoms. The fourth-order valence-electron chi connectivity index (χ4n) is 4.68. The van der Waals surface area contributed by atoms with Crippen molar-refractivity contribution in [3.63, 3.8) is 0 Å². The third kappa shape index (κ3) is 2.48. The minimum Gasteiger partial charge on any atom is -0.322 e. The first-order valence-electron chi connectivity index (χ1n) is 9.26. The van der Waals surface area contributed by atoms with Gasteiger partial charge in [-0.2, -0.15) is 0 Å². The van der Waals surface area contributed by atoms with E-state index in [4.69, 9.17) is 0 Å². The van der Waals surface area contributed by atoms with E-state index in [-0.39, 0.29) is 41.3 Å². The normalized spacial score (nSPS) is 27.4. The third-order valence-corrected chi connectivity index (χ3v) is 5.94. The SMILES string of the molecule is O=C(Nc1ccc(F)cc1)c1cccc(N2C(=O)[C@@H]3[C@H](C2=O)[C@H]2C=C[C@H]3C2)c1. The zero-order chi connectivity index (χ0) is 19.4. The average Bonchev–Trinajstić information content (AvgIpc) is 3.37. The molecule has 28 heavy (non-hydrogen) atoms. The van der Waals surface area contributed by atoms with E-state index in [0.29, 0.717) is 16.9 Å². The van der Waals surface area contributed by atoms with Crippen LogP contribution >= 0.6 is 0 Å². The van der Waals surface area contributed by atoms with E-state index in [2.05, 4.69) is 5.32 Å². The monoisotopic (exact) mass is 376 g/mol. The molecule has 3 aliphatic rings. The van der Waals surface area contributed by atoms with Gasteiger partial charge >= 0.3 is 0 Å². The Morgan fingerprint density at radius 1 is 0.964 bits per heavy atom. The highest BCUT2D eigenvalue weighted by Gasteiger charge is 2.59. The number of nitrogens with zero attached hydrogens (tertiary/aromatic N) is 1. The summed E-state index contributed by atoms with van der Waals surface area (Å²) in [6.07, 6.45) is 4.97. The number of carbonyl (C=O) groups is 3. The molecule has 2 fully saturated rings. The summed E-state index contributed by atoms with van der Waals surface area (Å²) in [6.45, 7) is 0. The Morgan fingerprint density at radius 2 is 1.61 bits per heavy atom.